The standard InChI is InChI=1S/C26H14O4S4/c27-11-15-1-5-23(31-15)19-9-21(25-7-3-17(13-29)33-25)22(26-8-4-18(14-30)34-26)10-20(19)24-6-2-16(12-28)32-24/h1-14H. The fourth-order valence-electron chi connectivity index (χ4n) is 3.66. The molecule has 1 aromatic carbocycles. The van der Waals surface area contributed by atoms with Crippen LogP contribution in [0.15, 0.2) is 60.7 Å². The molecule has 8 heteroatoms. The lowest BCUT2D eigenvalue weighted by molar-refractivity contribution is 0.111. The summed E-state index contributed by atoms with van der Waals surface area (Å²) < 4.78 is 0. The van der Waals surface area contributed by atoms with Gasteiger partial charge in [0.15, 0.2) is 25.1 Å². The number of benzene rings is 1. The minimum absolute atomic E-state index is 0.625. The van der Waals surface area contributed by atoms with Crippen LogP contribution in [0.5, 0.6) is 0 Å². The fourth-order valence-corrected chi connectivity index (χ4v) is 7.07. The molecule has 0 radical (unpaired) electrons. The molecule has 0 saturated heterocycles. The number of hydrogen-bond donors (Lipinski definition) is 0. The van der Waals surface area contributed by atoms with E-state index in [-0.39, 0.29) is 0 Å². The minimum atomic E-state index is 0.625. The van der Waals surface area contributed by atoms with Gasteiger partial charge in [0, 0.05) is 41.8 Å². The highest BCUT2D eigenvalue weighted by molar-refractivity contribution is 7.19. The molecule has 0 atom stereocenters. The first-order valence-electron chi connectivity index (χ1n) is 10.0. The van der Waals surface area contributed by atoms with Crippen molar-refractivity contribution in [1.29, 1.82) is 0 Å². The summed E-state index contributed by atoms with van der Waals surface area (Å²) in [5, 5.41) is 0. The molecule has 5 aromatic rings. The zero-order valence-electron chi connectivity index (χ0n) is 17.3. The van der Waals surface area contributed by atoms with Crippen molar-refractivity contribution in [1.82, 2.24) is 0 Å². The van der Waals surface area contributed by atoms with E-state index in [1.807, 2.05) is 24.3 Å². The van der Waals surface area contributed by atoms with E-state index in [9.17, 15) is 19.2 Å². The van der Waals surface area contributed by atoms with E-state index >= 15 is 0 Å². The van der Waals surface area contributed by atoms with E-state index in [4.69, 9.17) is 0 Å². The maximum atomic E-state index is 11.4. The normalized spacial score (nSPS) is 10.8. The predicted octanol–water partition coefficient (Wildman–Crippen LogP) is 7.85. The van der Waals surface area contributed by atoms with Crippen LogP contribution in [0.1, 0.15) is 38.7 Å². The molecular weight excluding hydrogens is 505 g/mol. The third kappa shape index (κ3) is 4.17. The maximum Gasteiger partial charge on any atom is 0.160 e. The van der Waals surface area contributed by atoms with Gasteiger partial charge in [-0.15, -0.1) is 45.3 Å². The Balaban J connectivity index is 1.82. The van der Waals surface area contributed by atoms with Crippen molar-refractivity contribution in [2.24, 2.45) is 0 Å². The number of carbonyl (C=O) groups excluding carboxylic acids is 4. The summed E-state index contributed by atoms with van der Waals surface area (Å²) in [6, 6.07) is 19.0. The SMILES string of the molecule is O=Cc1ccc(-c2cc(-c3ccc(C=O)s3)c(-c3ccc(C=O)s3)cc2-c2ccc(C=O)s2)s1. The summed E-state index contributed by atoms with van der Waals surface area (Å²) in [6.45, 7) is 0. The minimum Gasteiger partial charge on any atom is -0.297 e. The van der Waals surface area contributed by atoms with Gasteiger partial charge in [0.1, 0.15) is 0 Å². The molecular formula is C26H14O4S4. The van der Waals surface area contributed by atoms with Gasteiger partial charge in [-0.1, -0.05) is 0 Å². The van der Waals surface area contributed by atoms with Crippen LogP contribution >= 0.6 is 45.3 Å². The molecule has 0 fully saturated rings. The van der Waals surface area contributed by atoms with Gasteiger partial charge in [0.25, 0.3) is 0 Å². The summed E-state index contributed by atoms with van der Waals surface area (Å²) >= 11 is 5.60. The molecule has 0 amide bonds. The number of rotatable bonds is 8. The van der Waals surface area contributed by atoms with Crippen LogP contribution in [0.3, 0.4) is 0 Å². The molecule has 4 aromatic heterocycles. The smallest absolute Gasteiger partial charge is 0.160 e. The molecule has 4 nitrogen and oxygen atoms in total. The highest BCUT2D eigenvalue weighted by Crippen LogP contribution is 2.47. The number of aldehydes is 4. The van der Waals surface area contributed by atoms with E-state index in [1.54, 1.807) is 24.3 Å². The van der Waals surface area contributed by atoms with Crippen LogP contribution in [-0.4, -0.2) is 25.1 Å². The van der Waals surface area contributed by atoms with Crippen molar-refractivity contribution in [3.63, 3.8) is 0 Å². The summed E-state index contributed by atoms with van der Waals surface area (Å²) in [4.78, 5) is 51.6. The van der Waals surface area contributed by atoms with Crippen molar-refractivity contribution in [3.8, 4) is 41.8 Å². The van der Waals surface area contributed by atoms with Gasteiger partial charge < -0.3 is 0 Å². The Morgan fingerprint density at radius 3 is 0.794 bits per heavy atom. The maximum absolute atomic E-state index is 11.4. The summed E-state index contributed by atoms with van der Waals surface area (Å²) in [6.07, 6.45) is 3.34. The average Bonchev–Trinajstić information content (AvgIpc) is 3.69. The van der Waals surface area contributed by atoms with Crippen LogP contribution in [0.2, 0.25) is 0 Å². The quantitative estimate of drug-likeness (QED) is 0.196. The first-order chi connectivity index (χ1) is 16.6. The van der Waals surface area contributed by atoms with Gasteiger partial charge in [-0.25, -0.2) is 0 Å². The molecule has 34 heavy (non-hydrogen) atoms. The Bertz CT molecular complexity index is 1320. The summed E-state index contributed by atoms with van der Waals surface area (Å²) in [5.74, 6) is 0. The Morgan fingerprint density at radius 1 is 0.382 bits per heavy atom. The monoisotopic (exact) mass is 518 g/mol. The van der Waals surface area contributed by atoms with E-state index in [0.717, 1.165) is 66.9 Å². The average molecular weight is 519 g/mol. The molecule has 0 N–H and O–H groups in total. The number of carbonyl (C=O) groups is 4. The molecule has 0 aliphatic carbocycles. The van der Waals surface area contributed by atoms with E-state index in [1.165, 1.54) is 45.3 Å². The third-order valence-corrected chi connectivity index (χ3v) is 9.37. The van der Waals surface area contributed by atoms with Crippen molar-refractivity contribution < 1.29 is 19.2 Å². The fraction of sp³-hybridized carbons (Fsp3) is 0. The molecule has 0 aliphatic rings. The van der Waals surface area contributed by atoms with Crippen LogP contribution in [0, 0.1) is 0 Å². The van der Waals surface area contributed by atoms with Crippen LogP contribution in [-0.2, 0) is 0 Å². The van der Waals surface area contributed by atoms with Gasteiger partial charge in [0.2, 0.25) is 0 Å². The number of thiophene rings is 4. The van der Waals surface area contributed by atoms with E-state index < -0.39 is 0 Å². The first-order valence-corrected chi connectivity index (χ1v) is 13.3. The van der Waals surface area contributed by atoms with Gasteiger partial charge >= 0.3 is 0 Å². The third-order valence-electron chi connectivity index (χ3n) is 5.19. The highest BCUT2D eigenvalue weighted by atomic mass is 32.1. The van der Waals surface area contributed by atoms with E-state index in [0.29, 0.717) is 19.5 Å². The van der Waals surface area contributed by atoms with Gasteiger partial charge in [-0.2, -0.15) is 0 Å². The molecule has 0 aliphatic heterocycles. The van der Waals surface area contributed by atoms with Crippen LogP contribution in [0.25, 0.3) is 41.8 Å². The topological polar surface area (TPSA) is 68.3 Å². The second-order valence-electron chi connectivity index (χ2n) is 7.22. The molecule has 0 unspecified atom stereocenters. The van der Waals surface area contributed by atoms with Gasteiger partial charge in [-0.3, -0.25) is 19.2 Å². The zero-order chi connectivity index (χ0) is 23.7. The lowest BCUT2D eigenvalue weighted by Crippen LogP contribution is -1.88. The largest absolute Gasteiger partial charge is 0.297 e. The molecule has 166 valence electrons. The predicted molar refractivity (Wildman–Crippen MR) is 141 cm³/mol. The Kier molecular flexibility index (Phi) is 6.30. The Labute approximate surface area is 210 Å². The number of hydrogen-bond acceptors (Lipinski definition) is 8. The van der Waals surface area contributed by atoms with Crippen LogP contribution in [0.4, 0.5) is 0 Å². The lowest BCUT2D eigenvalue weighted by Gasteiger charge is -2.14. The Hall–Kier alpha value is -3.30. The first kappa shape index (κ1) is 22.5. The molecule has 0 bridgehead atoms. The van der Waals surface area contributed by atoms with E-state index in [2.05, 4.69) is 12.1 Å². The second-order valence-corrected chi connectivity index (χ2v) is 11.7. The zero-order valence-corrected chi connectivity index (χ0v) is 20.6. The van der Waals surface area contributed by atoms with Crippen molar-refractivity contribution in [2.45, 2.75) is 0 Å². The highest BCUT2D eigenvalue weighted by Gasteiger charge is 2.20. The molecule has 4 heterocycles. The summed E-state index contributed by atoms with van der Waals surface area (Å²) in [5.41, 5.74) is 3.74. The van der Waals surface area contributed by atoms with Crippen LogP contribution < -0.4 is 0 Å². The van der Waals surface area contributed by atoms with Crippen molar-refractivity contribution in [2.75, 3.05) is 0 Å². The second kappa shape index (κ2) is 9.52. The van der Waals surface area contributed by atoms with Gasteiger partial charge in [-0.05, 0) is 60.7 Å². The van der Waals surface area contributed by atoms with Gasteiger partial charge in [0.05, 0.1) is 19.5 Å². The van der Waals surface area contributed by atoms with Crippen molar-refractivity contribution >= 4 is 70.5 Å². The molecule has 0 saturated carbocycles. The molecule has 0 spiro atoms. The molecule has 5 rings (SSSR count). The summed E-state index contributed by atoms with van der Waals surface area (Å²) in [7, 11) is 0. The Morgan fingerprint density at radius 2 is 0.618 bits per heavy atom. The van der Waals surface area contributed by atoms with Crippen molar-refractivity contribution in [3.05, 3.63) is 80.2 Å². The lowest BCUT2D eigenvalue weighted by atomic mass is 9.94.